The molecule has 1 heterocycles. The first-order valence-electron chi connectivity index (χ1n) is 6.64. The van der Waals surface area contributed by atoms with E-state index in [0.29, 0.717) is 0 Å². The Balaban J connectivity index is 1.97. The van der Waals surface area contributed by atoms with E-state index in [2.05, 4.69) is 59.6 Å². The van der Waals surface area contributed by atoms with Gasteiger partial charge in [-0.05, 0) is 45.8 Å². The van der Waals surface area contributed by atoms with E-state index in [1.54, 1.807) is 6.20 Å². The Morgan fingerprint density at radius 2 is 1.45 bits per heavy atom. The number of hydrogen-bond acceptors (Lipinski definition) is 1. The summed E-state index contributed by atoms with van der Waals surface area (Å²) in [4.78, 5) is 4.15. The molecule has 0 saturated carbocycles. The lowest BCUT2D eigenvalue weighted by atomic mass is 10.0. The highest BCUT2D eigenvalue weighted by Gasteiger charge is 2.04. The third-order valence-electron chi connectivity index (χ3n) is 3.60. The molecule has 3 aromatic carbocycles. The fourth-order valence-electron chi connectivity index (χ4n) is 2.57. The predicted molar refractivity (Wildman–Crippen MR) is 80.8 cm³/mol. The molecule has 0 amide bonds. The zero-order chi connectivity index (χ0) is 13.4. The number of rotatable bonds is 1. The van der Waals surface area contributed by atoms with Gasteiger partial charge in [0.1, 0.15) is 11.9 Å². The van der Waals surface area contributed by atoms with Gasteiger partial charge >= 0.3 is 0 Å². The molecule has 0 saturated heterocycles. The number of hydrogen-bond donors (Lipinski definition) is 0. The standard InChI is InChI=1S/C18H13N2/c1-2-5-15-11-17-12-18(20-9-3-8-19-13-20)7-6-16(17)10-14(15)4-1/h1-13H/q+1. The van der Waals surface area contributed by atoms with Gasteiger partial charge in [-0.25, -0.2) is 4.57 Å². The maximum absolute atomic E-state index is 4.15. The Hall–Kier alpha value is -2.74. The Kier molecular flexibility index (Phi) is 2.46. The van der Waals surface area contributed by atoms with Gasteiger partial charge in [-0.3, -0.25) is 0 Å². The normalized spacial score (nSPS) is 11.0. The summed E-state index contributed by atoms with van der Waals surface area (Å²) in [6.45, 7) is 0. The molecule has 0 fully saturated rings. The number of aromatic nitrogens is 2. The van der Waals surface area contributed by atoms with E-state index in [9.17, 15) is 0 Å². The van der Waals surface area contributed by atoms with Crippen LogP contribution >= 0.6 is 0 Å². The third kappa shape index (κ3) is 1.82. The fourth-order valence-corrected chi connectivity index (χ4v) is 2.57. The molecule has 0 N–H and O–H groups in total. The van der Waals surface area contributed by atoms with E-state index < -0.39 is 0 Å². The van der Waals surface area contributed by atoms with Crippen LogP contribution in [0.3, 0.4) is 0 Å². The van der Waals surface area contributed by atoms with Crippen molar-refractivity contribution in [3.63, 3.8) is 0 Å². The molecule has 0 unspecified atom stereocenters. The van der Waals surface area contributed by atoms with Crippen LogP contribution < -0.4 is 4.57 Å². The highest BCUT2D eigenvalue weighted by atomic mass is 15.0. The molecule has 2 nitrogen and oxygen atoms in total. The lowest BCUT2D eigenvalue weighted by molar-refractivity contribution is -0.599. The molecule has 4 rings (SSSR count). The zero-order valence-corrected chi connectivity index (χ0v) is 10.9. The van der Waals surface area contributed by atoms with Crippen molar-refractivity contribution in [3.05, 3.63) is 79.4 Å². The van der Waals surface area contributed by atoms with E-state index in [4.69, 9.17) is 0 Å². The summed E-state index contributed by atoms with van der Waals surface area (Å²) >= 11 is 0. The highest BCUT2D eigenvalue weighted by molar-refractivity contribution is 5.98. The molecular weight excluding hydrogens is 244 g/mol. The Morgan fingerprint density at radius 1 is 0.700 bits per heavy atom. The molecule has 2 heteroatoms. The number of benzene rings is 3. The van der Waals surface area contributed by atoms with Crippen molar-refractivity contribution in [2.75, 3.05) is 0 Å². The van der Waals surface area contributed by atoms with Gasteiger partial charge in [0.05, 0.1) is 6.20 Å². The van der Waals surface area contributed by atoms with Gasteiger partial charge in [-0.15, -0.1) is 0 Å². The summed E-state index contributed by atoms with van der Waals surface area (Å²) < 4.78 is 2.02. The average molecular weight is 257 g/mol. The molecule has 0 aliphatic carbocycles. The fraction of sp³-hybridized carbons (Fsp3) is 0. The first-order valence-corrected chi connectivity index (χ1v) is 6.64. The minimum absolute atomic E-state index is 1.13. The molecule has 1 aromatic heterocycles. The maximum Gasteiger partial charge on any atom is 0.291 e. The summed E-state index contributed by atoms with van der Waals surface area (Å²) in [6.07, 6.45) is 5.61. The molecule has 20 heavy (non-hydrogen) atoms. The van der Waals surface area contributed by atoms with E-state index in [1.165, 1.54) is 21.5 Å². The Labute approximate surface area is 117 Å². The third-order valence-corrected chi connectivity index (χ3v) is 3.60. The lowest BCUT2D eigenvalue weighted by Gasteiger charge is -2.04. The van der Waals surface area contributed by atoms with Crippen molar-refractivity contribution in [2.24, 2.45) is 0 Å². The second kappa shape index (κ2) is 4.42. The largest absolute Gasteiger partial charge is 0.291 e. The zero-order valence-electron chi connectivity index (χ0n) is 10.9. The van der Waals surface area contributed by atoms with Crippen LogP contribution in [-0.4, -0.2) is 4.98 Å². The van der Waals surface area contributed by atoms with Gasteiger partial charge in [0.2, 0.25) is 0 Å². The van der Waals surface area contributed by atoms with Crippen LogP contribution in [0.4, 0.5) is 0 Å². The first-order chi connectivity index (χ1) is 9.90. The van der Waals surface area contributed by atoms with Crippen LogP contribution in [0, 0.1) is 0 Å². The second-order valence-corrected chi connectivity index (χ2v) is 4.89. The molecule has 0 aliphatic rings. The van der Waals surface area contributed by atoms with Crippen LogP contribution in [-0.2, 0) is 0 Å². The van der Waals surface area contributed by atoms with Crippen LogP contribution in [0.15, 0.2) is 79.4 Å². The number of nitrogens with zero attached hydrogens (tertiary/aromatic N) is 2. The second-order valence-electron chi connectivity index (χ2n) is 4.89. The molecule has 0 bridgehead atoms. The summed E-state index contributed by atoms with van der Waals surface area (Å²) in [7, 11) is 0. The van der Waals surface area contributed by atoms with Crippen molar-refractivity contribution in [2.45, 2.75) is 0 Å². The molecular formula is C18H13N2+. The number of fused-ring (bicyclic) bond motifs is 2. The monoisotopic (exact) mass is 257 g/mol. The average Bonchev–Trinajstić information content (AvgIpc) is 2.53. The van der Waals surface area contributed by atoms with Gasteiger partial charge in [-0.1, -0.05) is 35.3 Å². The van der Waals surface area contributed by atoms with Crippen molar-refractivity contribution < 1.29 is 4.57 Å². The molecule has 0 spiro atoms. The van der Waals surface area contributed by atoms with Gasteiger partial charge in [0.15, 0.2) is 0 Å². The van der Waals surface area contributed by atoms with E-state index in [-0.39, 0.29) is 0 Å². The van der Waals surface area contributed by atoms with Gasteiger partial charge in [0.25, 0.3) is 6.33 Å². The highest BCUT2D eigenvalue weighted by Crippen LogP contribution is 2.23. The van der Waals surface area contributed by atoms with Gasteiger partial charge in [-0.2, -0.15) is 0 Å². The summed E-state index contributed by atoms with van der Waals surface area (Å²) in [6, 6.07) is 21.4. The van der Waals surface area contributed by atoms with Gasteiger partial charge < -0.3 is 0 Å². The summed E-state index contributed by atoms with van der Waals surface area (Å²) in [5.74, 6) is 0. The lowest BCUT2D eigenvalue weighted by Crippen LogP contribution is -2.29. The van der Waals surface area contributed by atoms with Crippen LogP contribution in [0.1, 0.15) is 0 Å². The SMILES string of the molecule is c1ccc2cc3cc(-[n+]4cccnc4)ccc3cc2c1. The minimum Gasteiger partial charge on any atom is -0.203 e. The van der Waals surface area contributed by atoms with Crippen LogP contribution in [0.2, 0.25) is 0 Å². The van der Waals surface area contributed by atoms with Crippen LogP contribution in [0.25, 0.3) is 27.2 Å². The minimum atomic E-state index is 1.13. The van der Waals surface area contributed by atoms with E-state index >= 15 is 0 Å². The molecule has 0 aliphatic heterocycles. The first kappa shape index (κ1) is 11.1. The van der Waals surface area contributed by atoms with Crippen molar-refractivity contribution in [3.8, 4) is 5.69 Å². The predicted octanol–water partition coefficient (Wildman–Crippen LogP) is 3.66. The quantitative estimate of drug-likeness (QED) is 0.375. The molecule has 0 radical (unpaired) electrons. The van der Waals surface area contributed by atoms with Crippen molar-refractivity contribution in [1.82, 2.24) is 4.98 Å². The summed E-state index contributed by atoms with van der Waals surface area (Å²) in [5, 5.41) is 5.06. The molecule has 4 aromatic rings. The topological polar surface area (TPSA) is 16.8 Å². The van der Waals surface area contributed by atoms with Gasteiger partial charge in [0, 0.05) is 6.07 Å². The van der Waals surface area contributed by atoms with E-state index in [1.807, 2.05) is 23.2 Å². The van der Waals surface area contributed by atoms with Crippen molar-refractivity contribution >= 4 is 21.5 Å². The van der Waals surface area contributed by atoms with Crippen molar-refractivity contribution in [1.29, 1.82) is 0 Å². The summed E-state index contributed by atoms with van der Waals surface area (Å²) in [5.41, 5.74) is 1.13. The molecule has 94 valence electrons. The maximum atomic E-state index is 4.15. The van der Waals surface area contributed by atoms with E-state index in [0.717, 1.165) is 5.69 Å². The van der Waals surface area contributed by atoms with Crippen LogP contribution in [0.5, 0.6) is 0 Å². The smallest absolute Gasteiger partial charge is 0.203 e. The molecule has 0 atom stereocenters. The Morgan fingerprint density at radius 3 is 2.20 bits per heavy atom. The Bertz CT molecular complexity index is 899.